The smallest absolute Gasteiger partial charge is 0.234 e. The van der Waals surface area contributed by atoms with Crippen LogP contribution in [0.5, 0.6) is 0 Å². The second kappa shape index (κ2) is 10.6. The van der Waals surface area contributed by atoms with E-state index in [4.69, 9.17) is 0 Å². The van der Waals surface area contributed by atoms with Gasteiger partial charge in [0.2, 0.25) is 5.91 Å². The van der Waals surface area contributed by atoms with Crippen molar-refractivity contribution < 1.29 is 9.18 Å². The van der Waals surface area contributed by atoms with Crippen LogP contribution in [0.1, 0.15) is 18.8 Å². The van der Waals surface area contributed by atoms with Gasteiger partial charge in [-0.15, -0.1) is 10.2 Å². The van der Waals surface area contributed by atoms with Crippen LogP contribution in [0.4, 0.5) is 15.8 Å². The Hall–Kier alpha value is -3.17. The van der Waals surface area contributed by atoms with Crippen molar-refractivity contribution in [2.45, 2.75) is 18.1 Å². The number of carbonyl (C=O) groups is 1. The van der Waals surface area contributed by atoms with E-state index in [0.29, 0.717) is 10.8 Å². The van der Waals surface area contributed by atoms with Crippen LogP contribution in [0.25, 0.3) is 5.69 Å². The lowest BCUT2D eigenvalue weighted by molar-refractivity contribution is -0.113. The minimum absolute atomic E-state index is 0.107. The van der Waals surface area contributed by atoms with Gasteiger partial charge in [0, 0.05) is 21.5 Å². The van der Waals surface area contributed by atoms with Crippen LogP contribution >= 0.6 is 27.7 Å². The number of nitrogens with zero attached hydrogens (tertiary/aromatic N) is 3. The van der Waals surface area contributed by atoms with E-state index < -0.39 is 5.82 Å². The fourth-order valence-electron chi connectivity index (χ4n) is 3.23. The summed E-state index contributed by atoms with van der Waals surface area (Å²) in [5.41, 5.74) is 2.27. The summed E-state index contributed by atoms with van der Waals surface area (Å²) in [6.45, 7) is 2.01. The summed E-state index contributed by atoms with van der Waals surface area (Å²) in [5, 5.41) is 15.5. The van der Waals surface area contributed by atoms with Crippen molar-refractivity contribution in [2.24, 2.45) is 0 Å². The number of halogens is 2. The second-order valence-corrected chi connectivity index (χ2v) is 9.09. The zero-order chi connectivity index (χ0) is 23.2. The molecule has 0 aliphatic rings. The average Bonchev–Trinajstić information content (AvgIpc) is 3.24. The minimum atomic E-state index is -0.402. The normalized spacial score (nSPS) is 11.7. The molecule has 0 fully saturated rings. The number of amides is 1. The van der Waals surface area contributed by atoms with Gasteiger partial charge in [-0.05, 0) is 61.5 Å². The van der Waals surface area contributed by atoms with Crippen LogP contribution in [0, 0.1) is 5.82 Å². The Labute approximate surface area is 203 Å². The summed E-state index contributed by atoms with van der Waals surface area (Å²) in [6.07, 6.45) is 0. The molecule has 1 amide bonds. The van der Waals surface area contributed by atoms with E-state index in [9.17, 15) is 9.18 Å². The second-order valence-electron chi connectivity index (χ2n) is 7.23. The third-order valence-electron chi connectivity index (χ3n) is 4.73. The number of benzene rings is 3. The van der Waals surface area contributed by atoms with E-state index in [2.05, 4.69) is 36.8 Å². The van der Waals surface area contributed by atoms with Crippen LogP contribution in [-0.4, -0.2) is 26.4 Å². The molecule has 4 aromatic rings. The van der Waals surface area contributed by atoms with Gasteiger partial charge in [0.25, 0.3) is 0 Å². The molecule has 0 aliphatic carbocycles. The molecule has 0 aliphatic heterocycles. The molecule has 2 N–H and O–H groups in total. The SMILES string of the molecule is C[C@@H](Nc1ccc(Br)cc1)c1nnc(SCC(=O)Nc2cccc(F)c2)n1-c1ccccc1. The predicted molar refractivity (Wildman–Crippen MR) is 133 cm³/mol. The molecule has 0 saturated carbocycles. The molecular formula is C24H21BrFN5OS. The number of carbonyl (C=O) groups excluding carboxylic acids is 1. The third kappa shape index (κ3) is 6.00. The van der Waals surface area contributed by atoms with Gasteiger partial charge in [-0.25, -0.2) is 4.39 Å². The van der Waals surface area contributed by atoms with Crippen LogP contribution in [-0.2, 0) is 4.79 Å². The molecule has 1 aromatic heterocycles. The number of hydrogen-bond donors (Lipinski definition) is 2. The highest BCUT2D eigenvalue weighted by atomic mass is 79.9. The van der Waals surface area contributed by atoms with Crippen molar-refractivity contribution in [1.82, 2.24) is 14.8 Å². The molecular weight excluding hydrogens is 505 g/mol. The fraction of sp³-hybridized carbons (Fsp3) is 0.125. The van der Waals surface area contributed by atoms with Gasteiger partial charge in [-0.1, -0.05) is 52.0 Å². The van der Waals surface area contributed by atoms with E-state index in [1.54, 1.807) is 12.1 Å². The maximum absolute atomic E-state index is 13.4. The van der Waals surface area contributed by atoms with Crippen molar-refractivity contribution >= 4 is 45.0 Å². The van der Waals surface area contributed by atoms with E-state index in [1.165, 1.54) is 23.9 Å². The van der Waals surface area contributed by atoms with Gasteiger partial charge in [0.05, 0.1) is 11.8 Å². The van der Waals surface area contributed by atoms with Gasteiger partial charge >= 0.3 is 0 Å². The van der Waals surface area contributed by atoms with Gasteiger partial charge in [0.15, 0.2) is 11.0 Å². The van der Waals surface area contributed by atoms with E-state index in [1.807, 2.05) is 66.1 Å². The molecule has 33 heavy (non-hydrogen) atoms. The van der Waals surface area contributed by atoms with Crippen LogP contribution < -0.4 is 10.6 Å². The number of nitrogens with one attached hydrogen (secondary N) is 2. The highest BCUT2D eigenvalue weighted by molar-refractivity contribution is 9.10. The minimum Gasteiger partial charge on any atom is -0.375 e. The standard InChI is InChI=1S/C24H21BrFN5OS/c1-16(27-19-12-10-17(25)11-13-19)23-29-30-24(31(23)21-8-3-2-4-9-21)33-15-22(32)28-20-7-5-6-18(26)14-20/h2-14,16,27H,15H2,1H3,(H,28,32)/t16-/m1/s1. The molecule has 6 nitrogen and oxygen atoms in total. The van der Waals surface area contributed by atoms with Gasteiger partial charge < -0.3 is 10.6 Å². The van der Waals surface area contributed by atoms with Crippen LogP contribution in [0.3, 0.4) is 0 Å². The lowest BCUT2D eigenvalue weighted by atomic mass is 10.2. The molecule has 1 atom stereocenters. The monoisotopic (exact) mass is 525 g/mol. The summed E-state index contributed by atoms with van der Waals surface area (Å²) in [7, 11) is 0. The summed E-state index contributed by atoms with van der Waals surface area (Å²) < 4.78 is 16.3. The Morgan fingerprint density at radius 2 is 1.79 bits per heavy atom. The molecule has 0 saturated heterocycles. The zero-order valence-corrected chi connectivity index (χ0v) is 20.1. The number of aromatic nitrogens is 3. The number of rotatable bonds is 8. The van der Waals surface area contributed by atoms with Gasteiger partial charge in [0.1, 0.15) is 5.82 Å². The summed E-state index contributed by atoms with van der Waals surface area (Å²) in [5.74, 6) is 0.171. The maximum Gasteiger partial charge on any atom is 0.234 e. The Kier molecular flexibility index (Phi) is 7.41. The number of anilines is 2. The Balaban J connectivity index is 1.53. The lowest BCUT2D eigenvalue weighted by Crippen LogP contribution is -2.16. The van der Waals surface area contributed by atoms with Crippen molar-refractivity contribution in [3.05, 3.63) is 95.0 Å². The first-order valence-electron chi connectivity index (χ1n) is 10.2. The highest BCUT2D eigenvalue weighted by Crippen LogP contribution is 2.27. The fourth-order valence-corrected chi connectivity index (χ4v) is 4.25. The molecule has 0 unspecified atom stereocenters. The predicted octanol–water partition coefficient (Wildman–Crippen LogP) is 6.07. The van der Waals surface area contributed by atoms with Crippen molar-refractivity contribution in [1.29, 1.82) is 0 Å². The quantitative estimate of drug-likeness (QED) is 0.273. The topological polar surface area (TPSA) is 71.8 Å². The van der Waals surface area contributed by atoms with Crippen LogP contribution in [0.15, 0.2) is 88.5 Å². The van der Waals surface area contributed by atoms with Gasteiger partial charge in [-0.3, -0.25) is 9.36 Å². The Bertz CT molecular complexity index is 1230. The molecule has 168 valence electrons. The Morgan fingerprint density at radius 3 is 2.52 bits per heavy atom. The molecule has 9 heteroatoms. The first kappa shape index (κ1) is 23.0. The number of hydrogen-bond acceptors (Lipinski definition) is 5. The molecule has 3 aromatic carbocycles. The summed E-state index contributed by atoms with van der Waals surface area (Å²) in [4.78, 5) is 12.4. The first-order chi connectivity index (χ1) is 16.0. The number of para-hydroxylation sites is 1. The molecule has 0 spiro atoms. The average molecular weight is 526 g/mol. The summed E-state index contributed by atoms with van der Waals surface area (Å²) >= 11 is 4.72. The zero-order valence-electron chi connectivity index (χ0n) is 17.7. The van der Waals surface area contributed by atoms with Crippen molar-refractivity contribution in [3.8, 4) is 5.69 Å². The first-order valence-corrected chi connectivity index (χ1v) is 12.0. The lowest BCUT2D eigenvalue weighted by Gasteiger charge is -2.17. The van der Waals surface area contributed by atoms with E-state index in [0.717, 1.165) is 21.7 Å². The summed E-state index contributed by atoms with van der Waals surface area (Å²) in [6, 6.07) is 23.3. The maximum atomic E-state index is 13.4. The number of thioether (sulfide) groups is 1. The van der Waals surface area contributed by atoms with E-state index in [-0.39, 0.29) is 17.7 Å². The van der Waals surface area contributed by atoms with Crippen LogP contribution in [0.2, 0.25) is 0 Å². The third-order valence-corrected chi connectivity index (χ3v) is 6.19. The van der Waals surface area contributed by atoms with E-state index >= 15 is 0 Å². The molecule has 1 heterocycles. The Morgan fingerprint density at radius 1 is 1.03 bits per heavy atom. The highest BCUT2D eigenvalue weighted by Gasteiger charge is 2.20. The largest absolute Gasteiger partial charge is 0.375 e. The van der Waals surface area contributed by atoms with Gasteiger partial charge in [-0.2, -0.15) is 0 Å². The van der Waals surface area contributed by atoms with Crippen molar-refractivity contribution in [3.63, 3.8) is 0 Å². The molecule has 4 rings (SSSR count). The molecule has 0 radical (unpaired) electrons. The van der Waals surface area contributed by atoms with Crippen molar-refractivity contribution in [2.75, 3.05) is 16.4 Å². The molecule has 0 bridgehead atoms.